The van der Waals surface area contributed by atoms with Gasteiger partial charge in [0.15, 0.2) is 0 Å². The number of nitrogens with one attached hydrogen (secondary N) is 2. The molecule has 0 fully saturated rings. The summed E-state index contributed by atoms with van der Waals surface area (Å²) in [5.41, 5.74) is 2.72. The van der Waals surface area contributed by atoms with E-state index in [0.29, 0.717) is 6.54 Å². The molecule has 2 N–H and O–H groups in total. The van der Waals surface area contributed by atoms with Crippen LogP contribution in [0.25, 0.3) is 0 Å². The lowest BCUT2D eigenvalue weighted by atomic mass is 10.1. The molecule has 94 valence electrons. The highest BCUT2D eigenvalue weighted by atomic mass is 19.1. The predicted molar refractivity (Wildman–Crippen MR) is 65.6 cm³/mol. The number of amides is 1. The summed E-state index contributed by atoms with van der Waals surface area (Å²) in [7, 11) is 0. The molecule has 0 aliphatic heterocycles. The van der Waals surface area contributed by atoms with Gasteiger partial charge in [-0.15, -0.1) is 0 Å². The van der Waals surface area contributed by atoms with Crippen molar-refractivity contribution in [2.45, 2.75) is 20.4 Å². The smallest absolute Gasteiger partial charge is 0.254 e. The Kier molecular flexibility index (Phi) is 3.41. The van der Waals surface area contributed by atoms with E-state index in [1.807, 2.05) is 13.8 Å². The molecule has 4 nitrogen and oxygen atoms in total. The minimum Gasteiger partial charge on any atom is -0.348 e. The summed E-state index contributed by atoms with van der Waals surface area (Å²) < 4.78 is 13.4. The second-order valence-corrected chi connectivity index (χ2v) is 4.08. The van der Waals surface area contributed by atoms with Crippen molar-refractivity contribution < 1.29 is 9.18 Å². The van der Waals surface area contributed by atoms with Crippen LogP contribution in [-0.4, -0.2) is 16.1 Å². The van der Waals surface area contributed by atoms with Crippen molar-refractivity contribution in [2.75, 3.05) is 0 Å². The van der Waals surface area contributed by atoms with Gasteiger partial charge in [-0.3, -0.25) is 9.89 Å². The van der Waals surface area contributed by atoms with Crippen LogP contribution in [0.1, 0.15) is 27.3 Å². The molecule has 0 bridgehead atoms. The van der Waals surface area contributed by atoms with Crippen molar-refractivity contribution in [1.82, 2.24) is 15.5 Å². The Balaban J connectivity index is 2.08. The number of aryl methyl sites for hydroxylation is 2. The standard InChI is InChI=1S/C13H14FN3O/c1-8-11(9(2)17-16-8)7-15-13(18)10-5-3-4-6-12(10)14/h3-6H,7H2,1-2H3,(H,15,18)(H,16,17). The van der Waals surface area contributed by atoms with E-state index in [9.17, 15) is 9.18 Å². The zero-order chi connectivity index (χ0) is 13.1. The van der Waals surface area contributed by atoms with Gasteiger partial charge in [0.1, 0.15) is 5.82 Å². The van der Waals surface area contributed by atoms with E-state index in [4.69, 9.17) is 0 Å². The summed E-state index contributed by atoms with van der Waals surface area (Å²) >= 11 is 0. The Bertz CT molecular complexity index is 558. The summed E-state index contributed by atoms with van der Waals surface area (Å²) in [5, 5.41) is 9.56. The van der Waals surface area contributed by atoms with Crippen molar-refractivity contribution in [3.05, 3.63) is 52.6 Å². The molecule has 0 saturated carbocycles. The van der Waals surface area contributed by atoms with Gasteiger partial charge in [0, 0.05) is 17.8 Å². The van der Waals surface area contributed by atoms with E-state index in [-0.39, 0.29) is 5.56 Å². The van der Waals surface area contributed by atoms with E-state index in [2.05, 4.69) is 15.5 Å². The SMILES string of the molecule is Cc1n[nH]c(C)c1CNC(=O)c1ccccc1F. The number of carbonyl (C=O) groups is 1. The summed E-state index contributed by atoms with van der Waals surface area (Å²) in [4.78, 5) is 11.8. The Labute approximate surface area is 104 Å². The first-order valence-corrected chi connectivity index (χ1v) is 5.62. The van der Waals surface area contributed by atoms with Crippen LogP contribution < -0.4 is 5.32 Å². The van der Waals surface area contributed by atoms with Crippen molar-refractivity contribution in [3.8, 4) is 0 Å². The monoisotopic (exact) mass is 247 g/mol. The zero-order valence-electron chi connectivity index (χ0n) is 10.2. The van der Waals surface area contributed by atoms with Crippen molar-refractivity contribution >= 4 is 5.91 Å². The van der Waals surface area contributed by atoms with E-state index in [1.54, 1.807) is 12.1 Å². The number of H-pyrrole nitrogens is 1. The molecule has 1 heterocycles. The molecule has 0 radical (unpaired) electrons. The van der Waals surface area contributed by atoms with Gasteiger partial charge in [-0.25, -0.2) is 4.39 Å². The fourth-order valence-corrected chi connectivity index (χ4v) is 1.74. The molecule has 2 rings (SSSR count). The number of carbonyl (C=O) groups excluding carboxylic acids is 1. The van der Waals surface area contributed by atoms with Crippen LogP contribution in [0.5, 0.6) is 0 Å². The average Bonchev–Trinajstić information content (AvgIpc) is 2.67. The van der Waals surface area contributed by atoms with Crippen LogP contribution in [0.4, 0.5) is 4.39 Å². The Morgan fingerprint density at radius 3 is 2.72 bits per heavy atom. The zero-order valence-corrected chi connectivity index (χ0v) is 10.2. The average molecular weight is 247 g/mol. The molecule has 0 unspecified atom stereocenters. The Hall–Kier alpha value is -2.17. The first kappa shape index (κ1) is 12.3. The van der Waals surface area contributed by atoms with Crippen LogP contribution in [0.3, 0.4) is 0 Å². The second-order valence-electron chi connectivity index (χ2n) is 4.08. The van der Waals surface area contributed by atoms with Gasteiger partial charge >= 0.3 is 0 Å². The first-order chi connectivity index (χ1) is 8.59. The van der Waals surface area contributed by atoms with Gasteiger partial charge < -0.3 is 5.32 Å². The number of hydrogen-bond donors (Lipinski definition) is 2. The van der Waals surface area contributed by atoms with Crippen LogP contribution >= 0.6 is 0 Å². The molecule has 0 aliphatic carbocycles. The molecule has 0 aliphatic rings. The maximum Gasteiger partial charge on any atom is 0.254 e. The molecule has 0 saturated heterocycles. The lowest BCUT2D eigenvalue weighted by Gasteiger charge is -2.06. The highest BCUT2D eigenvalue weighted by Crippen LogP contribution is 2.10. The number of nitrogens with zero attached hydrogens (tertiary/aromatic N) is 1. The minimum absolute atomic E-state index is 0.0521. The Morgan fingerprint density at radius 1 is 1.39 bits per heavy atom. The molecule has 1 aromatic heterocycles. The minimum atomic E-state index is -0.518. The largest absolute Gasteiger partial charge is 0.348 e. The lowest BCUT2D eigenvalue weighted by molar-refractivity contribution is 0.0947. The second kappa shape index (κ2) is 5.00. The normalized spacial score (nSPS) is 10.4. The van der Waals surface area contributed by atoms with Crippen molar-refractivity contribution in [3.63, 3.8) is 0 Å². The van der Waals surface area contributed by atoms with Gasteiger partial charge in [0.2, 0.25) is 0 Å². The molecule has 18 heavy (non-hydrogen) atoms. The maximum absolute atomic E-state index is 13.4. The Morgan fingerprint density at radius 2 is 2.11 bits per heavy atom. The molecular weight excluding hydrogens is 233 g/mol. The van der Waals surface area contributed by atoms with Crippen LogP contribution in [-0.2, 0) is 6.54 Å². The maximum atomic E-state index is 13.4. The number of benzene rings is 1. The third-order valence-corrected chi connectivity index (χ3v) is 2.82. The van der Waals surface area contributed by atoms with Crippen LogP contribution in [0.15, 0.2) is 24.3 Å². The topological polar surface area (TPSA) is 57.8 Å². The van der Waals surface area contributed by atoms with E-state index >= 15 is 0 Å². The van der Waals surface area contributed by atoms with Crippen molar-refractivity contribution in [2.24, 2.45) is 0 Å². The fraction of sp³-hybridized carbons (Fsp3) is 0.231. The first-order valence-electron chi connectivity index (χ1n) is 5.62. The number of halogens is 1. The van der Waals surface area contributed by atoms with Crippen LogP contribution in [0, 0.1) is 19.7 Å². The molecule has 5 heteroatoms. The molecule has 2 aromatic rings. The summed E-state index contributed by atoms with van der Waals surface area (Å²) in [6.45, 7) is 4.07. The van der Waals surface area contributed by atoms with Gasteiger partial charge in [0.25, 0.3) is 5.91 Å². The third kappa shape index (κ3) is 2.40. The summed E-state index contributed by atoms with van der Waals surface area (Å²) in [6.07, 6.45) is 0. The van der Waals surface area contributed by atoms with Gasteiger partial charge in [-0.05, 0) is 26.0 Å². The summed E-state index contributed by atoms with van der Waals surface area (Å²) in [6, 6.07) is 5.91. The fourth-order valence-electron chi connectivity index (χ4n) is 1.74. The highest BCUT2D eigenvalue weighted by molar-refractivity contribution is 5.94. The van der Waals surface area contributed by atoms with E-state index < -0.39 is 11.7 Å². The van der Waals surface area contributed by atoms with Gasteiger partial charge in [0.05, 0.1) is 11.3 Å². The highest BCUT2D eigenvalue weighted by Gasteiger charge is 2.12. The number of hydrogen-bond acceptors (Lipinski definition) is 2. The number of rotatable bonds is 3. The third-order valence-electron chi connectivity index (χ3n) is 2.82. The summed E-state index contributed by atoms with van der Waals surface area (Å²) in [5.74, 6) is -0.941. The molecular formula is C13H14FN3O. The molecule has 0 spiro atoms. The predicted octanol–water partition coefficient (Wildman–Crippen LogP) is 2.10. The molecule has 1 amide bonds. The lowest BCUT2D eigenvalue weighted by Crippen LogP contribution is -2.24. The van der Waals surface area contributed by atoms with Gasteiger partial charge in [-0.2, -0.15) is 5.10 Å². The van der Waals surface area contributed by atoms with Crippen LogP contribution in [0.2, 0.25) is 0 Å². The number of aromatic amines is 1. The van der Waals surface area contributed by atoms with E-state index in [0.717, 1.165) is 17.0 Å². The number of aromatic nitrogens is 2. The van der Waals surface area contributed by atoms with E-state index in [1.165, 1.54) is 12.1 Å². The molecule has 0 atom stereocenters. The van der Waals surface area contributed by atoms with Crippen molar-refractivity contribution in [1.29, 1.82) is 0 Å². The quantitative estimate of drug-likeness (QED) is 0.872. The van der Waals surface area contributed by atoms with Gasteiger partial charge in [-0.1, -0.05) is 12.1 Å². The molecule has 1 aromatic carbocycles.